The molecule has 480 valence electrons. The van der Waals surface area contributed by atoms with E-state index in [9.17, 15) is 75.8 Å². The Kier molecular flexibility index (Phi) is 17.8. The summed E-state index contributed by atoms with van der Waals surface area (Å²) in [4.78, 5) is 87.5. The molecule has 3 amide bonds. The third kappa shape index (κ3) is 14.3. The van der Waals surface area contributed by atoms with Gasteiger partial charge in [-0.05, 0) is 69.9 Å². The Morgan fingerprint density at radius 3 is 1.45 bits per heavy atom. The monoisotopic (exact) mass is 1290 g/mol. The van der Waals surface area contributed by atoms with Crippen molar-refractivity contribution in [3.8, 4) is 34.2 Å². The van der Waals surface area contributed by atoms with E-state index in [0.717, 1.165) is 24.8 Å². The number of hydrogen-bond acceptors (Lipinski definition) is 15. The number of pyridine rings is 3. The maximum absolute atomic E-state index is 14.7. The zero-order chi connectivity index (χ0) is 65.4. The van der Waals surface area contributed by atoms with Crippen molar-refractivity contribution in [3.05, 3.63) is 109 Å². The molecule has 0 aliphatic carbocycles. The summed E-state index contributed by atoms with van der Waals surface area (Å²) in [5.74, 6) is -4.12. The van der Waals surface area contributed by atoms with Gasteiger partial charge in [-0.15, -0.1) is 0 Å². The van der Waals surface area contributed by atoms with E-state index in [1.54, 1.807) is 29.4 Å². The number of amides is 3. The number of aromatic nitrogens is 12. The molecular weight excluding hydrogens is 1240 g/mol. The molecule has 0 spiro atoms. The van der Waals surface area contributed by atoms with E-state index in [-0.39, 0.29) is 55.0 Å². The molecule has 3 fully saturated rings. The second-order valence-corrected chi connectivity index (χ2v) is 21.6. The summed E-state index contributed by atoms with van der Waals surface area (Å²) >= 11 is 0. The highest BCUT2D eigenvalue weighted by molar-refractivity contribution is 5.95. The summed E-state index contributed by atoms with van der Waals surface area (Å²) in [5, 5.41) is 6.94. The van der Waals surface area contributed by atoms with Gasteiger partial charge in [-0.2, -0.15) is 39.5 Å². The lowest BCUT2D eigenvalue weighted by Crippen LogP contribution is -2.55. The second-order valence-electron chi connectivity index (χ2n) is 21.6. The summed E-state index contributed by atoms with van der Waals surface area (Å²) in [7, 11) is 0. The van der Waals surface area contributed by atoms with Crippen LogP contribution in [-0.2, 0) is 14.4 Å². The highest BCUT2D eigenvalue weighted by Gasteiger charge is 2.47. The molecule has 6 N–H and O–H groups in total. The molecule has 0 radical (unpaired) electrons. The number of carbonyl (C=O) groups excluding carboxylic acids is 3. The van der Waals surface area contributed by atoms with Crippen LogP contribution in [0.15, 0.2) is 86.1 Å². The van der Waals surface area contributed by atoms with E-state index in [1.807, 2.05) is 10.6 Å². The standard InChI is InChI=1S/C19H17F5N6O.C19H18F4N6O.C18H15F5N6O/c1-18(17(31)28-9-19(22,23)24)3-2-4-30(18)16-13(21)8-27-15(29-16)12-7-26-14-11(12)5-10(20)6-25-14;1-18(17(30)27-10-19(21,22)23)4-2-6-29(18)14-3-5-24-16(28-14)13-9-26-15-12(13)7-11(20)8-25-15;19-9-3-11-12(6-26-15(11)25-5-9)16-24-2-1-14(28-16)29-7-10(20)4-13(29)17(30)27-8-18(21,22)23/h5-8H,2-4,9H2,1H3,(H,25,26)(H,28,31);3,5,7-9H,2,4,6,10H2,1H3,(H,25,26)(H,27,30);1-3,5-6,10,13H,4,7-8H2,(H,25,26)(H,27,30)/t2*18-;10-,13+/m110/s1. The van der Waals surface area contributed by atoms with Crippen LogP contribution in [0, 0.1) is 23.3 Å². The molecule has 4 atom stereocenters. The Morgan fingerprint density at radius 2 is 0.978 bits per heavy atom. The van der Waals surface area contributed by atoms with Gasteiger partial charge in [0.15, 0.2) is 29.1 Å². The van der Waals surface area contributed by atoms with E-state index in [2.05, 4.69) is 59.8 Å². The number of alkyl halides is 10. The number of carbonyl (C=O) groups is 3. The first-order chi connectivity index (χ1) is 43.0. The number of nitrogens with one attached hydrogen (secondary N) is 6. The lowest BCUT2D eigenvalue weighted by molar-refractivity contribution is -0.141. The van der Waals surface area contributed by atoms with Gasteiger partial charge in [-0.25, -0.2) is 66.8 Å². The van der Waals surface area contributed by atoms with Crippen LogP contribution in [0.25, 0.3) is 67.3 Å². The van der Waals surface area contributed by atoms with Crippen LogP contribution in [0.3, 0.4) is 0 Å². The topological polar surface area (TPSA) is 260 Å². The second kappa shape index (κ2) is 25.2. The number of aromatic amines is 3. The average Bonchev–Trinajstić information content (AvgIpc) is 1.72. The van der Waals surface area contributed by atoms with Crippen LogP contribution in [0.1, 0.15) is 46.0 Å². The van der Waals surface area contributed by atoms with Crippen molar-refractivity contribution >= 4 is 68.3 Å². The third-order valence-corrected chi connectivity index (χ3v) is 15.2. The lowest BCUT2D eigenvalue weighted by atomic mass is 9.97. The molecule has 0 aromatic carbocycles. The molecule has 9 aromatic rings. The largest absolute Gasteiger partial charge is 0.405 e. The maximum atomic E-state index is 14.7. The Bertz CT molecular complexity index is 4160. The number of hydrogen-bond donors (Lipinski definition) is 6. The van der Waals surface area contributed by atoms with Gasteiger partial charge >= 0.3 is 18.5 Å². The normalized spacial score (nSPS) is 19.4. The predicted molar refractivity (Wildman–Crippen MR) is 299 cm³/mol. The van der Waals surface area contributed by atoms with E-state index >= 15 is 0 Å². The number of halogens is 14. The fourth-order valence-electron chi connectivity index (χ4n) is 10.9. The molecule has 0 bridgehead atoms. The Morgan fingerprint density at radius 1 is 0.560 bits per heavy atom. The first-order valence-electron chi connectivity index (χ1n) is 27.5. The van der Waals surface area contributed by atoms with Crippen molar-refractivity contribution in [2.24, 2.45) is 0 Å². The van der Waals surface area contributed by atoms with Crippen LogP contribution >= 0.6 is 0 Å². The SMILES string of the molecule is C[C@]1(C(=O)NCC(F)(F)F)CCCN1c1ccnc(-c2c[nH]c3ncc(F)cc23)n1.C[C@]1(C(=O)NCC(F)(F)F)CCCN1c1nc(-c2c[nH]c3ncc(F)cc23)ncc1F.O=C(NCC(F)(F)F)[C@H]1C[C@H](F)CN1c1ccnc(-c2c[nH]c3ncc(F)cc23)n1. The third-order valence-electron chi connectivity index (χ3n) is 15.2. The molecule has 0 saturated carbocycles. The van der Waals surface area contributed by atoms with Crippen molar-refractivity contribution in [2.45, 2.75) is 87.8 Å². The molecule has 3 aliphatic heterocycles. The minimum Gasteiger partial charge on any atom is -0.345 e. The van der Waals surface area contributed by atoms with Crippen LogP contribution in [0.5, 0.6) is 0 Å². The van der Waals surface area contributed by atoms with Crippen molar-refractivity contribution in [1.82, 2.24) is 75.8 Å². The molecule has 12 rings (SSSR count). The molecule has 3 saturated heterocycles. The first kappa shape index (κ1) is 64.1. The van der Waals surface area contributed by atoms with Gasteiger partial charge in [0.1, 0.15) is 89.0 Å². The van der Waals surface area contributed by atoms with E-state index in [4.69, 9.17) is 0 Å². The number of rotatable bonds is 12. The average molecular weight is 1290 g/mol. The highest BCUT2D eigenvalue weighted by Crippen LogP contribution is 2.39. The van der Waals surface area contributed by atoms with Crippen molar-refractivity contribution in [3.63, 3.8) is 0 Å². The minimum absolute atomic E-state index is 0.0556. The van der Waals surface area contributed by atoms with Crippen molar-refractivity contribution in [1.29, 1.82) is 0 Å². The van der Waals surface area contributed by atoms with Gasteiger partial charge in [0.25, 0.3) is 0 Å². The molecule has 35 heteroatoms. The van der Waals surface area contributed by atoms with Crippen LogP contribution < -0.4 is 30.7 Å². The summed E-state index contributed by atoms with van der Waals surface area (Å²) in [6, 6.07) is 5.68. The van der Waals surface area contributed by atoms with Gasteiger partial charge in [0, 0.05) is 83.3 Å². The van der Waals surface area contributed by atoms with E-state index in [1.165, 1.54) is 65.8 Å². The fraction of sp³-hybridized carbons (Fsp3) is 0.357. The summed E-state index contributed by atoms with van der Waals surface area (Å²) < 4.78 is 182. The molecule has 12 heterocycles. The number of H-pyrrole nitrogens is 3. The van der Waals surface area contributed by atoms with E-state index in [0.29, 0.717) is 81.4 Å². The van der Waals surface area contributed by atoms with Gasteiger partial charge in [0.05, 0.1) is 31.3 Å². The van der Waals surface area contributed by atoms with Gasteiger partial charge in [-0.1, -0.05) is 0 Å². The number of nitrogens with zero attached hydrogens (tertiary/aromatic N) is 12. The zero-order valence-corrected chi connectivity index (χ0v) is 47.4. The minimum atomic E-state index is -4.57. The quantitative estimate of drug-likeness (QED) is 0.0623. The highest BCUT2D eigenvalue weighted by atomic mass is 19.4. The molecule has 0 unspecified atom stereocenters. The Hall–Kier alpha value is -9.86. The lowest BCUT2D eigenvalue weighted by Gasteiger charge is -2.35. The number of anilines is 3. The zero-order valence-electron chi connectivity index (χ0n) is 47.4. The number of fused-ring (bicyclic) bond motifs is 3. The summed E-state index contributed by atoms with van der Waals surface area (Å²) in [5.41, 5.74) is -0.00731. The van der Waals surface area contributed by atoms with Crippen LogP contribution in [0.4, 0.5) is 78.9 Å². The fourth-order valence-corrected chi connectivity index (χ4v) is 10.9. The van der Waals surface area contributed by atoms with Crippen LogP contribution in [0.2, 0.25) is 0 Å². The molecule has 91 heavy (non-hydrogen) atoms. The van der Waals surface area contributed by atoms with Crippen molar-refractivity contribution < 1.29 is 75.8 Å². The molecule has 3 aliphatic rings. The van der Waals surface area contributed by atoms with Gasteiger partial charge in [-0.3, -0.25) is 14.4 Å². The van der Waals surface area contributed by atoms with Gasteiger partial charge in [0.2, 0.25) is 17.7 Å². The summed E-state index contributed by atoms with van der Waals surface area (Å²) in [6.45, 7) is -0.875. The van der Waals surface area contributed by atoms with E-state index < -0.39 is 102 Å². The molecular formula is C56H50F14N18O3. The van der Waals surface area contributed by atoms with Gasteiger partial charge < -0.3 is 45.6 Å². The summed E-state index contributed by atoms with van der Waals surface area (Å²) in [6.07, 6.45) is -2.02. The Labute approximate surface area is 503 Å². The molecule has 9 aromatic heterocycles. The van der Waals surface area contributed by atoms with Crippen molar-refractivity contribution in [2.75, 3.05) is 54.0 Å². The Balaban J connectivity index is 0.000000150. The maximum Gasteiger partial charge on any atom is 0.405 e. The first-order valence-corrected chi connectivity index (χ1v) is 27.5. The molecule has 21 nitrogen and oxygen atoms in total. The predicted octanol–water partition coefficient (Wildman–Crippen LogP) is 9.29. The smallest absolute Gasteiger partial charge is 0.345 e. The van der Waals surface area contributed by atoms with Crippen LogP contribution in [-0.4, -0.2) is 159 Å².